The molecule has 0 atom stereocenters. The van der Waals surface area contributed by atoms with Crippen molar-refractivity contribution in [3.05, 3.63) is 12.4 Å². The van der Waals surface area contributed by atoms with Crippen LogP contribution in [0.4, 0.5) is 5.95 Å². The smallest absolute Gasteiger partial charge is 0.302 e. The maximum Gasteiger partial charge on any atom is 0.302 e. The van der Waals surface area contributed by atoms with Gasteiger partial charge in [-0.2, -0.15) is 0 Å². The average Bonchev–Trinajstić information content (AvgIpc) is 2.40. The Kier molecular flexibility index (Phi) is 1.71. The summed E-state index contributed by atoms with van der Waals surface area (Å²) >= 11 is 0. The maximum absolute atomic E-state index is 10.5. The van der Waals surface area contributed by atoms with Crippen LogP contribution in [0.3, 0.4) is 0 Å². The SMILES string of the molecule is C#CC(=O)Nc1ncc[nH]1. The number of hydrogen-bond acceptors (Lipinski definition) is 2. The van der Waals surface area contributed by atoms with Crippen molar-refractivity contribution < 1.29 is 4.79 Å². The molecule has 10 heavy (non-hydrogen) atoms. The number of rotatable bonds is 1. The molecule has 0 bridgehead atoms. The van der Waals surface area contributed by atoms with E-state index in [-0.39, 0.29) is 0 Å². The second kappa shape index (κ2) is 2.69. The van der Waals surface area contributed by atoms with E-state index in [2.05, 4.69) is 15.3 Å². The summed E-state index contributed by atoms with van der Waals surface area (Å²) in [6.07, 6.45) is 7.89. The highest BCUT2D eigenvalue weighted by Crippen LogP contribution is 1.92. The van der Waals surface area contributed by atoms with Crippen molar-refractivity contribution in [3.8, 4) is 12.3 Å². The van der Waals surface area contributed by atoms with Gasteiger partial charge in [-0.1, -0.05) is 0 Å². The Hall–Kier alpha value is -1.76. The Morgan fingerprint density at radius 2 is 2.70 bits per heavy atom. The van der Waals surface area contributed by atoms with Gasteiger partial charge in [0.1, 0.15) is 0 Å². The number of hydrogen-bond donors (Lipinski definition) is 2. The first-order valence-corrected chi connectivity index (χ1v) is 2.60. The van der Waals surface area contributed by atoms with E-state index in [1.54, 1.807) is 6.20 Å². The van der Waals surface area contributed by atoms with E-state index < -0.39 is 5.91 Å². The summed E-state index contributed by atoms with van der Waals surface area (Å²) in [7, 11) is 0. The van der Waals surface area contributed by atoms with Crippen LogP contribution in [0.15, 0.2) is 12.4 Å². The summed E-state index contributed by atoms with van der Waals surface area (Å²) in [4.78, 5) is 16.9. The number of terminal acetylenes is 1. The molecule has 1 aromatic heterocycles. The molecule has 0 aromatic carbocycles. The summed E-state index contributed by atoms with van der Waals surface area (Å²) in [5, 5.41) is 2.33. The van der Waals surface area contributed by atoms with Gasteiger partial charge < -0.3 is 4.98 Å². The van der Waals surface area contributed by atoms with Crippen LogP contribution in [0.2, 0.25) is 0 Å². The minimum Gasteiger partial charge on any atom is -0.331 e. The van der Waals surface area contributed by atoms with Crippen molar-refractivity contribution in [3.63, 3.8) is 0 Å². The van der Waals surface area contributed by atoms with E-state index in [1.807, 2.05) is 5.92 Å². The third kappa shape index (κ3) is 1.36. The van der Waals surface area contributed by atoms with Crippen LogP contribution >= 0.6 is 0 Å². The molecule has 1 heterocycles. The number of imidazole rings is 1. The quantitative estimate of drug-likeness (QED) is 0.532. The van der Waals surface area contributed by atoms with Crippen LogP contribution in [0, 0.1) is 12.3 Å². The van der Waals surface area contributed by atoms with Crippen LogP contribution < -0.4 is 5.32 Å². The van der Waals surface area contributed by atoms with E-state index in [0.717, 1.165) is 0 Å². The lowest BCUT2D eigenvalue weighted by Crippen LogP contribution is -2.08. The second-order valence-corrected chi connectivity index (χ2v) is 1.54. The Balaban J connectivity index is 2.59. The van der Waals surface area contributed by atoms with Gasteiger partial charge in [0.15, 0.2) is 0 Å². The van der Waals surface area contributed by atoms with E-state index in [9.17, 15) is 4.79 Å². The van der Waals surface area contributed by atoms with Crippen molar-refractivity contribution in [2.75, 3.05) is 5.32 Å². The minimum absolute atomic E-state index is 0.364. The van der Waals surface area contributed by atoms with Crippen molar-refractivity contribution in [1.82, 2.24) is 9.97 Å². The van der Waals surface area contributed by atoms with Crippen LogP contribution in [0.1, 0.15) is 0 Å². The zero-order chi connectivity index (χ0) is 7.40. The normalized spacial score (nSPS) is 8.30. The molecular formula is C6H5N3O. The highest BCUT2D eigenvalue weighted by atomic mass is 16.1. The number of carbonyl (C=O) groups excluding carboxylic acids is 1. The lowest BCUT2D eigenvalue weighted by molar-refractivity contribution is -0.111. The molecule has 1 rings (SSSR count). The number of anilines is 1. The van der Waals surface area contributed by atoms with Crippen molar-refractivity contribution in [2.24, 2.45) is 0 Å². The summed E-state index contributed by atoms with van der Waals surface area (Å²) in [6, 6.07) is 0. The fourth-order valence-electron chi connectivity index (χ4n) is 0.477. The largest absolute Gasteiger partial charge is 0.331 e. The highest BCUT2D eigenvalue weighted by Gasteiger charge is 1.96. The minimum atomic E-state index is -0.505. The monoisotopic (exact) mass is 135 g/mol. The zero-order valence-electron chi connectivity index (χ0n) is 5.09. The van der Waals surface area contributed by atoms with Crippen LogP contribution in [-0.2, 0) is 4.79 Å². The van der Waals surface area contributed by atoms with E-state index in [4.69, 9.17) is 6.42 Å². The molecule has 0 spiro atoms. The number of amides is 1. The summed E-state index contributed by atoms with van der Waals surface area (Å²) in [5.41, 5.74) is 0. The summed E-state index contributed by atoms with van der Waals surface area (Å²) < 4.78 is 0. The van der Waals surface area contributed by atoms with Gasteiger partial charge in [0, 0.05) is 12.4 Å². The predicted octanol–water partition coefficient (Wildman–Crippen LogP) is -0.0186. The molecule has 0 saturated heterocycles. The fraction of sp³-hybridized carbons (Fsp3) is 0. The lowest BCUT2D eigenvalue weighted by atomic mass is 10.6. The molecule has 50 valence electrons. The van der Waals surface area contributed by atoms with Crippen molar-refractivity contribution in [1.29, 1.82) is 0 Å². The molecular weight excluding hydrogens is 130 g/mol. The summed E-state index contributed by atoms with van der Waals surface area (Å²) in [5.74, 6) is 1.75. The number of aromatic nitrogens is 2. The van der Waals surface area contributed by atoms with Gasteiger partial charge in [0.2, 0.25) is 5.95 Å². The van der Waals surface area contributed by atoms with Crippen LogP contribution in [0.5, 0.6) is 0 Å². The first kappa shape index (κ1) is 6.36. The summed E-state index contributed by atoms with van der Waals surface area (Å²) in [6.45, 7) is 0. The van der Waals surface area contributed by atoms with Gasteiger partial charge in [-0.15, -0.1) is 6.42 Å². The van der Waals surface area contributed by atoms with E-state index >= 15 is 0 Å². The van der Waals surface area contributed by atoms with Gasteiger partial charge in [-0.05, 0) is 5.92 Å². The molecule has 0 unspecified atom stereocenters. The molecule has 0 aliphatic carbocycles. The number of nitrogens with one attached hydrogen (secondary N) is 2. The predicted molar refractivity (Wildman–Crippen MR) is 36.1 cm³/mol. The second-order valence-electron chi connectivity index (χ2n) is 1.54. The number of aromatic amines is 1. The van der Waals surface area contributed by atoms with Crippen molar-refractivity contribution in [2.45, 2.75) is 0 Å². The molecule has 0 aliphatic rings. The molecule has 4 heteroatoms. The molecule has 0 radical (unpaired) electrons. The topological polar surface area (TPSA) is 57.8 Å². The number of carbonyl (C=O) groups is 1. The lowest BCUT2D eigenvalue weighted by Gasteiger charge is -1.91. The molecule has 0 aliphatic heterocycles. The third-order valence-electron chi connectivity index (χ3n) is 0.861. The van der Waals surface area contributed by atoms with Crippen LogP contribution in [0.25, 0.3) is 0 Å². The van der Waals surface area contributed by atoms with Gasteiger partial charge in [-0.3, -0.25) is 10.1 Å². The zero-order valence-corrected chi connectivity index (χ0v) is 5.09. The van der Waals surface area contributed by atoms with Gasteiger partial charge >= 0.3 is 5.91 Å². The highest BCUT2D eigenvalue weighted by molar-refractivity contribution is 6.02. The fourth-order valence-corrected chi connectivity index (χ4v) is 0.477. The maximum atomic E-state index is 10.5. The molecule has 1 amide bonds. The Morgan fingerprint density at radius 3 is 3.20 bits per heavy atom. The van der Waals surface area contributed by atoms with E-state index in [0.29, 0.717) is 5.95 Å². The Labute approximate surface area is 57.7 Å². The van der Waals surface area contributed by atoms with Gasteiger partial charge in [0.25, 0.3) is 0 Å². The molecule has 1 aromatic rings. The standard InChI is InChI=1S/C6H5N3O/c1-2-5(10)9-6-7-3-4-8-6/h1,3-4H,(H2,7,8,9,10). The molecule has 0 saturated carbocycles. The van der Waals surface area contributed by atoms with Gasteiger partial charge in [0.05, 0.1) is 0 Å². The average molecular weight is 135 g/mol. The third-order valence-corrected chi connectivity index (χ3v) is 0.861. The molecule has 0 fully saturated rings. The van der Waals surface area contributed by atoms with E-state index in [1.165, 1.54) is 6.20 Å². The Bertz CT molecular complexity index is 257. The van der Waals surface area contributed by atoms with Crippen LogP contribution in [-0.4, -0.2) is 15.9 Å². The Morgan fingerprint density at radius 1 is 1.90 bits per heavy atom. The first-order valence-electron chi connectivity index (χ1n) is 2.60. The first-order chi connectivity index (χ1) is 4.83. The number of H-pyrrole nitrogens is 1. The molecule has 2 N–H and O–H groups in total. The van der Waals surface area contributed by atoms with Crippen molar-refractivity contribution >= 4 is 11.9 Å². The molecule has 4 nitrogen and oxygen atoms in total. The van der Waals surface area contributed by atoms with Gasteiger partial charge in [-0.25, -0.2) is 4.98 Å². The number of nitrogens with zero attached hydrogens (tertiary/aromatic N) is 1.